The van der Waals surface area contributed by atoms with Crippen LogP contribution in [0.1, 0.15) is 31.0 Å². The van der Waals surface area contributed by atoms with E-state index < -0.39 is 6.04 Å². The number of halogens is 2. The molecule has 1 amide bonds. The lowest BCUT2D eigenvalue weighted by atomic mass is 9.95. The molecule has 1 atom stereocenters. The van der Waals surface area contributed by atoms with Crippen molar-refractivity contribution >= 4 is 74.2 Å². The van der Waals surface area contributed by atoms with E-state index in [0.717, 1.165) is 18.3 Å². The van der Waals surface area contributed by atoms with Crippen molar-refractivity contribution in [2.24, 2.45) is 4.99 Å². The van der Waals surface area contributed by atoms with E-state index in [-0.39, 0.29) is 18.1 Å². The van der Waals surface area contributed by atoms with Gasteiger partial charge in [0.1, 0.15) is 17.6 Å². The van der Waals surface area contributed by atoms with Crippen molar-refractivity contribution in [3.63, 3.8) is 0 Å². The highest BCUT2D eigenvalue weighted by Gasteiger charge is 2.32. The van der Waals surface area contributed by atoms with Crippen LogP contribution < -0.4 is 29.7 Å². The van der Waals surface area contributed by atoms with Crippen LogP contribution >= 0.6 is 56.5 Å². The monoisotopic (exact) mass is 802 g/mol. The van der Waals surface area contributed by atoms with E-state index in [1.807, 2.05) is 85.8 Å². The summed E-state index contributed by atoms with van der Waals surface area (Å²) in [6.45, 7) is 4.19. The molecule has 1 N–H and O–H groups in total. The number of amides is 1. The molecular formula is C31H24I2N4O4S. The lowest BCUT2D eigenvalue weighted by Crippen LogP contribution is -2.40. The first-order chi connectivity index (χ1) is 20.3. The Hall–Kier alpha value is -3.48. The summed E-state index contributed by atoms with van der Waals surface area (Å²) in [5, 5.41) is 11.9. The highest BCUT2D eigenvalue weighted by molar-refractivity contribution is 14.1. The van der Waals surface area contributed by atoms with Crippen molar-refractivity contribution < 1.29 is 14.3 Å². The molecule has 2 heterocycles. The minimum absolute atomic E-state index is 0.0466. The molecule has 0 unspecified atom stereocenters. The Kier molecular flexibility index (Phi) is 9.44. The molecule has 1 aromatic heterocycles. The second-order valence-electron chi connectivity index (χ2n) is 9.16. The van der Waals surface area contributed by atoms with Crippen molar-refractivity contribution in [1.82, 2.24) is 4.57 Å². The maximum Gasteiger partial charge on any atom is 0.271 e. The topological polar surface area (TPSA) is 106 Å². The van der Waals surface area contributed by atoms with Gasteiger partial charge in [-0.3, -0.25) is 14.2 Å². The first-order valence-corrected chi connectivity index (χ1v) is 15.9. The number of thiazole rings is 1. The van der Waals surface area contributed by atoms with Gasteiger partial charge < -0.3 is 14.8 Å². The fourth-order valence-electron chi connectivity index (χ4n) is 4.62. The van der Waals surface area contributed by atoms with Crippen LogP contribution in [0.3, 0.4) is 0 Å². The number of carbonyl (C=O) groups excluding carboxylic acids is 1. The molecule has 11 heteroatoms. The molecule has 8 nitrogen and oxygen atoms in total. The Morgan fingerprint density at radius 3 is 2.45 bits per heavy atom. The van der Waals surface area contributed by atoms with E-state index >= 15 is 0 Å². The second kappa shape index (κ2) is 13.2. The van der Waals surface area contributed by atoms with Crippen molar-refractivity contribution in [2.45, 2.75) is 19.9 Å². The van der Waals surface area contributed by atoms with Crippen molar-refractivity contribution in [3.8, 4) is 17.6 Å². The summed E-state index contributed by atoms with van der Waals surface area (Å²) in [5.41, 5.74) is 2.92. The number of benzene rings is 3. The molecule has 212 valence electrons. The average Bonchev–Trinajstić information content (AvgIpc) is 3.27. The van der Waals surface area contributed by atoms with Gasteiger partial charge in [0.2, 0.25) is 0 Å². The summed E-state index contributed by atoms with van der Waals surface area (Å²) in [6.07, 6.45) is 1.82. The first kappa shape index (κ1) is 30.0. The third-order valence-corrected chi connectivity index (χ3v) is 8.99. The van der Waals surface area contributed by atoms with E-state index in [0.29, 0.717) is 44.4 Å². The lowest BCUT2D eigenvalue weighted by Gasteiger charge is -2.25. The van der Waals surface area contributed by atoms with E-state index in [1.54, 1.807) is 11.5 Å². The molecule has 0 fully saturated rings. The quantitative estimate of drug-likeness (QED) is 0.241. The number of hydrogen-bond acceptors (Lipinski definition) is 7. The second-order valence-corrected chi connectivity index (χ2v) is 12.5. The molecule has 0 aliphatic carbocycles. The minimum Gasteiger partial charge on any atom is -0.494 e. The first-order valence-electron chi connectivity index (χ1n) is 12.9. The zero-order valence-corrected chi connectivity index (χ0v) is 27.7. The van der Waals surface area contributed by atoms with E-state index in [1.165, 1.54) is 11.3 Å². The largest absolute Gasteiger partial charge is 0.494 e. The van der Waals surface area contributed by atoms with Gasteiger partial charge in [-0.05, 0) is 113 Å². The van der Waals surface area contributed by atoms with Gasteiger partial charge in [0.05, 0.1) is 35.6 Å². The number of aromatic nitrogens is 1. The van der Waals surface area contributed by atoms with Gasteiger partial charge in [-0.1, -0.05) is 41.7 Å². The molecule has 0 saturated heterocycles. The molecule has 0 radical (unpaired) electrons. The molecule has 0 saturated carbocycles. The van der Waals surface area contributed by atoms with Crippen LogP contribution in [0, 0.1) is 18.5 Å². The molecule has 1 aliphatic heterocycles. The smallest absolute Gasteiger partial charge is 0.271 e. The summed E-state index contributed by atoms with van der Waals surface area (Å²) in [7, 11) is 0. The van der Waals surface area contributed by atoms with E-state index in [4.69, 9.17) is 19.7 Å². The molecule has 0 spiro atoms. The van der Waals surface area contributed by atoms with E-state index in [2.05, 4.69) is 50.5 Å². The van der Waals surface area contributed by atoms with Crippen LogP contribution in [-0.2, 0) is 4.79 Å². The Morgan fingerprint density at radius 2 is 1.81 bits per heavy atom. The third-order valence-electron chi connectivity index (χ3n) is 6.40. The molecule has 4 aromatic rings. The Labute approximate surface area is 273 Å². The van der Waals surface area contributed by atoms with Crippen LogP contribution in [0.5, 0.6) is 11.5 Å². The van der Waals surface area contributed by atoms with Crippen LogP contribution in [0.15, 0.2) is 87.8 Å². The van der Waals surface area contributed by atoms with Crippen LogP contribution in [0.25, 0.3) is 6.08 Å². The fraction of sp³-hybridized carbons (Fsp3) is 0.161. The van der Waals surface area contributed by atoms with Gasteiger partial charge >= 0.3 is 0 Å². The zero-order chi connectivity index (χ0) is 29.8. The molecule has 42 heavy (non-hydrogen) atoms. The van der Waals surface area contributed by atoms with Gasteiger partial charge in [-0.15, -0.1) is 0 Å². The molecule has 0 bridgehead atoms. The maximum absolute atomic E-state index is 14.0. The standard InChI is InChI=1S/C31H24I2N4O4S/c1-3-40-22-11-9-20(10-12-22)27-26(29(38)36-21-7-5-4-6-8-21)18(2)35-31-37(27)30(39)25(42-31)17-19-15-23(32)28(24(33)16-19)41-14-13-34/h4-12,15-17,27H,3,14H2,1-2H3,(H,36,38)/b25-17-/t27-/m1/s1. The highest BCUT2D eigenvalue weighted by Crippen LogP contribution is 2.32. The summed E-state index contributed by atoms with van der Waals surface area (Å²) < 4.78 is 14.9. The number of allylic oxidation sites excluding steroid dienone is 1. The normalized spacial score (nSPS) is 14.5. The maximum atomic E-state index is 14.0. The number of hydrogen-bond donors (Lipinski definition) is 1. The third kappa shape index (κ3) is 6.30. The number of nitrogens with one attached hydrogen (secondary N) is 1. The number of para-hydroxylation sites is 1. The number of nitriles is 1. The van der Waals surface area contributed by atoms with Gasteiger partial charge in [0.25, 0.3) is 11.5 Å². The minimum atomic E-state index is -0.690. The summed E-state index contributed by atoms with van der Waals surface area (Å²) >= 11 is 5.60. The molecule has 1 aliphatic rings. The van der Waals surface area contributed by atoms with Gasteiger partial charge in [0.15, 0.2) is 11.4 Å². The number of anilines is 1. The van der Waals surface area contributed by atoms with Crippen LogP contribution in [0.4, 0.5) is 5.69 Å². The number of nitrogens with zero attached hydrogens (tertiary/aromatic N) is 3. The van der Waals surface area contributed by atoms with Crippen molar-refractivity contribution in [2.75, 3.05) is 18.5 Å². The molecular weight excluding hydrogens is 778 g/mol. The SMILES string of the molecule is CCOc1ccc([C@@H]2C(C(=O)Nc3ccccc3)=C(C)N=c3s/c(=C\c4cc(I)c(OCC#N)c(I)c4)c(=O)n32)cc1. The number of fused-ring (bicyclic) bond motifs is 1. The Bertz CT molecular complexity index is 1890. The van der Waals surface area contributed by atoms with Gasteiger partial charge in [-0.2, -0.15) is 5.26 Å². The zero-order valence-electron chi connectivity index (χ0n) is 22.6. The Balaban J connectivity index is 1.63. The average molecular weight is 802 g/mol. The van der Waals surface area contributed by atoms with Crippen molar-refractivity contribution in [1.29, 1.82) is 5.26 Å². The van der Waals surface area contributed by atoms with Gasteiger partial charge in [0, 0.05) is 5.69 Å². The lowest BCUT2D eigenvalue weighted by molar-refractivity contribution is -0.113. The van der Waals surface area contributed by atoms with Gasteiger partial charge in [-0.25, -0.2) is 4.99 Å². The van der Waals surface area contributed by atoms with Crippen molar-refractivity contribution in [3.05, 3.63) is 116 Å². The van der Waals surface area contributed by atoms with Crippen LogP contribution in [0.2, 0.25) is 0 Å². The summed E-state index contributed by atoms with van der Waals surface area (Å²) in [4.78, 5) is 33.0. The Morgan fingerprint density at radius 1 is 1.12 bits per heavy atom. The highest BCUT2D eigenvalue weighted by atomic mass is 127. The molecule has 3 aromatic carbocycles. The molecule has 5 rings (SSSR count). The number of ether oxygens (including phenoxy) is 2. The fourth-order valence-corrected chi connectivity index (χ4v) is 7.79. The predicted octanol–water partition coefficient (Wildman–Crippen LogP) is 5.38. The predicted molar refractivity (Wildman–Crippen MR) is 179 cm³/mol. The van der Waals surface area contributed by atoms with E-state index in [9.17, 15) is 9.59 Å². The summed E-state index contributed by atoms with van der Waals surface area (Å²) in [5.74, 6) is 1.01. The number of rotatable bonds is 8. The summed E-state index contributed by atoms with van der Waals surface area (Å²) in [6, 6.07) is 21.8. The number of carbonyl (C=O) groups is 1. The van der Waals surface area contributed by atoms with Crippen LogP contribution in [-0.4, -0.2) is 23.7 Å².